The summed E-state index contributed by atoms with van der Waals surface area (Å²) in [5, 5.41) is 5.59. The van der Waals surface area contributed by atoms with Gasteiger partial charge in [-0.3, -0.25) is 9.78 Å². The summed E-state index contributed by atoms with van der Waals surface area (Å²) in [6.07, 6.45) is 3.23. The molecule has 0 unspecified atom stereocenters. The van der Waals surface area contributed by atoms with Gasteiger partial charge in [-0.15, -0.1) is 4.91 Å². The van der Waals surface area contributed by atoms with Gasteiger partial charge in [0.05, 0.1) is 6.67 Å². The van der Waals surface area contributed by atoms with E-state index in [-0.39, 0.29) is 5.69 Å². The maximum absolute atomic E-state index is 12.0. The first-order valence-corrected chi connectivity index (χ1v) is 7.54. The molecule has 0 bridgehead atoms. The number of carbonyl (C=O) groups excluding carboxylic acids is 1. The van der Waals surface area contributed by atoms with Crippen molar-refractivity contribution in [3.05, 3.63) is 65.5 Å². The highest BCUT2D eigenvalue weighted by atomic mass is 16.3. The van der Waals surface area contributed by atoms with E-state index < -0.39 is 5.91 Å². The molecule has 4 rings (SSSR count). The second kappa shape index (κ2) is 6.08. The molecule has 0 aliphatic carbocycles. The number of fused-ring (bicyclic) bond motifs is 1. The number of para-hydroxylation sites is 1. The number of carbonyl (C=O) groups is 1. The van der Waals surface area contributed by atoms with Gasteiger partial charge >= 0.3 is 5.91 Å². The Morgan fingerprint density at radius 2 is 1.96 bits per heavy atom. The molecule has 0 radical (unpaired) electrons. The van der Waals surface area contributed by atoms with Crippen LogP contribution in [0.5, 0.6) is 0 Å². The SMILES string of the molecule is O=NC(=O)c1nc(-c2cccnc2)nc2c1NCN2c1ccccc1. The van der Waals surface area contributed by atoms with Gasteiger partial charge in [0.15, 0.2) is 17.3 Å². The Labute approximate surface area is 142 Å². The van der Waals surface area contributed by atoms with E-state index in [1.54, 1.807) is 24.5 Å². The van der Waals surface area contributed by atoms with Crippen molar-refractivity contribution in [1.29, 1.82) is 0 Å². The van der Waals surface area contributed by atoms with E-state index in [1.165, 1.54) is 0 Å². The lowest BCUT2D eigenvalue weighted by molar-refractivity contribution is 0.0997. The number of benzene rings is 1. The standard InChI is InChI=1S/C17H12N6O2/c24-17(22-25)14-13-16(21-15(20-14)11-5-4-8-18-9-11)23(10-19-13)12-6-2-1-3-7-12/h1-9,19H,10H2. The third kappa shape index (κ3) is 2.59. The van der Waals surface area contributed by atoms with Gasteiger partial charge in [0, 0.05) is 28.8 Å². The molecule has 0 saturated carbocycles. The number of rotatable bonds is 3. The minimum absolute atomic E-state index is 0.0442. The van der Waals surface area contributed by atoms with Crippen LogP contribution in [0.2, 0.25) is 0 Å². The number of anilines is 3. The zero-order chi connectivity index (χ0) is 17.2. The third-order valence-electron chi connectivity index (χ3n) is 3.83. The van der Waals surface area contributed by atoms with Gasteiger partial charge in [-0.25, -0.2) is 9.97 Å². The highest BCUT2D eigenvalue weighted by Crippen LogP contribution is 2.38. The van der Waals surface area contributed by atoms with Crippen molar-refractivity contribution < 1.29 is 4.79 Å². The largest absolute Gasteiger partial charge is 0.362 e. The minimum atomic E-state index is -0.939. The molecule has 1 amide bonds. The van der Waals surface area contributed by atoms with Crippen molar-refractivity contribution in [1.82, 2.24) is 15.0 Å². The van der Waals surface area contributed by atoms with Crippen LogP contribution in [0.4, 0.5) is 17.2 Å². The molecule has 0 saturated heterocycles. The molecule has 8 nitrogen and oxygen atoms in total. The molecule has 8 heteroatoms. The predicted molar refractivity (Wildman–Crippen MR) is 92.5 cm³/mol. The number of nitroso groups, excluding NO2 is 1. The molecular weight excluding hydrogens is 320 g/mol. The summed E-state index contributed by atoms with van der Waals surface area (Å²) < 4.78 is 0. The number of hydrogen-bond donors (Lipinski definition) is 1. The highest BCUT2D eigenvalue weighted by molar-refractivity contribution is 6.02. The highest BCUT2D eigenvalue weighted by Gasteiger charge is 2.29. The van der Waals surface area contributed by atoms with Gasteiger partial charge in [0.1, 0.15) is 5.69 Å². The maximum Gasteiger partial charge on any atom is 0.337 e. The van der Waals surface area contributed by atoms with Crippen LogP contribution in [0, 0.1) is 4.91 Å². The summed E-state index contributed by atoms with van der Waals surface area (Å²) in [7, 11) is 0. The van der Waals surface area contributed by atoms with E-state index >= 15 is 0 Å². The molecule has 3 heterocycles. The zero-order valence-corrected chi connectivity index (χ0v) is 13.0. The topological polar surface area (TPSA) is 100 Å². The van der Waals surface area contributed by atoms with Crippen LogP contribution in [0.15, 0.2) is 60.0 Å². The number of hydrogen-bond acceptors (Lipinski definition) is 7. The molecule has 1 aliphatic rings. The van der Waals surface area contributed by atoms with Crippen LogP contribution in [0.1, 0.15) is 10.5 Å². The Bertz CT molecular complexity index is 946. The van der Waals surface area contributed by atoms with E-state index in [9.17, 15) is 9.70 Å². The summed E-state index contributed by atoms with van der Waals surface area (Å²) in [5.74, 6) is -0.110. The average Bonchev–Trinajstić information content (AvgIpc) is 3.12. The molecule has 1 aliphatic heterocycles. The number of amides is 1. The number of pyridine rings is 1. The van der Waals surface area contributed by atoms with Crippen LogP contribution in [0.3, 0.4) is 0 Å². The second-order valence-electron chi connectivity index (χ2n) is 5.33. The van der Waals surface area contributed by atoms with E-state index in [0.717, 1.165) is 5.69 Å². The Morgan fingerprint density at radius 3 is 2.68 bits per heavy atom. The van der Waals surface area contributed by atoms with Gasteiger partial charge in [-0.05, 0) is 24.3 Å². The minimum Gasteiger partial charge on any atom is -0.362 e. The molecule has 25 heavy (non-hydrogen) atoms. The first-order valence-electron chi connectivity index (χ1n) is 7.54. The van der Waals surface area contributed by atoms with E-state index in [4.69, 9.17) is 0 Å². The number of nitrogens with one attached hydrogen (secondary N) is 1. The average molecular weight is 332 g/mol. The Balaban J connectivity index is 1.90. The molecular formula is C17H12N6O2. The van der Waals surface area contributed by atoms with Crippen LogP contribution in [-0.4, -0.2) is 27.5 Å². The van der Waals surface area contributed by atoms with Gasteiger partial charge in [-0.1, -0.05) is 18.2 Å². The fraction of sp³-hybridized carbons (Fsp3) is 0.0588. The summed E-state index contributed by atoms with van der Waals surface area (Å²) in [5.41, 5.74) is 1.91. The van der Waals surface area contributed by atoms with Crippen molar-refractivity contribution in [2.24, 2.45) is 5.18 Å². The third-order valence-corrected chi connectivity index (χ3v) is 3.83. The van der Waals surface area contributed by atoms with Crippen LogP contribution >= 0.6 is 0 Å². The van der Waals surface area contributed by atoms with Crippen LogP contribution in [0.25, 0.3) is 11.4 Å². The summed E-state index contributed by atoms with van der Waals surface area (Å²) in [6, 6.07) is 13.1. The van der Waals surface area contributed by atoms with E-state index in [0.29, 0.717) is 29.6 Å². The predicted octanol–water partition coefficient (Wildman–Crippen LogP) is 2.97. The second-order valence-corrected chi connectivity index (χ2v) is 5.33. The van der Waals surface area contributed by atoms with Crippen molar-refractivity contribution in [3.63, 3.8) is 0 Å². The van der Waals surface area contributed by atoms with Crippen molar-refractivity contribution in [2.75, 3.05) is 16.9 Å². The normalized spacial score (nSPS) is 12.4. The van der Waals surface area contributed by atoms with Gasteiger partial charge in [0.25, 0.3) is 0 Å². The van der Waals surface area contributed by atoms with E-state index in [2.05, 4.69) is 25.4 Å². The molecule has 1 aromatic carbocycles. The lowest BCUT2D eigenvalue weighted by Gasteiger charge is -2.17. The molecule has 0 atom stereocenters. The van der Waals surface area contributed by atoms with Crippen LogP contribution < -0.4 is 10.2 Å². The molecule has 0 spiro atoms. The summed E-state index contributed by atoms with van der Waals surface area (Å²) in [6.45, 7) is 0.406. The smallest absolute Gasteiger partial charge is 0.337 e. The first kappa shape index (κ1) is 14.9. The number of nitrogens with zero attached hydrogens (tertiary/aromatic N) is 5. The fourth-order valence-electron chi connectivity index (χ4n) is 2.68. The molecule has 3 aromatic rings. The van der Waals surface area contributed by atoms with Gasteiger partial charge in [-0.2, -0.15) is 0 Å². The molecule has 122 valence electrons. The molecule has 2 aromatic heterocycles. The summed E-state index contributed by atoms with van der Waals surface area (Å²) in [4.78, 5) is 37.5. The maximum atomic E-state index is 12.0. The van der Waals surface area contributed by atoms with Crippen molar-refractivity contribution in [2.45, 2.75) is 0 Å². The zero-order valence-electron chi connectivity index (χ0n) is 13.0. The van der Waals surface area contributed by atoms with E-state index in [1.807, 2.05) is 35.2 Å². The quantitative estimate of drug-likeness (QED) is 0.736. The first-order chi connectivity index (χ1) is 12.3. The lowest BCUT2D eigenvalue weighted by Crippen LogP contribution is -2.17. The fourth-order valence-corrected chi connectivity index (χ4v) is 2.68. The van der Waals surface area contributed by atoms with Crippen molar-refractivity contribution >= 4 is 23.1 Å². The Morgan fingerprint density at radius 1 is 1.12 bits per heavy atom. The summed E-state index contributed by atoms with van der Waals surface area (Å²) >= 11 is 0. The lowest BCUT2D eigenvalue weighted by atomic mass is 10.2. The van der Waals surface area contributed by atoms with Gasteiger partial charge in [0.2, 0.25) is 0 Å². The van der Waals surface area contributed by atoms with Gasteiger partial charge < -0.3 is 10.2 Å². The van der Waals surface area contributed by atoms with Crippen molar-refractivity contribution in [3.8, 4) is 11.4 Å². The Hall–Kier alpha value is -3.68. The molecule has 1 N–H and O–H groups in total. The Kier molecular flexibility index (Phi) is 3.62. The number of aromatic nitrogens is 3. The van der Waals surface area contributed by atoms with Crippen LogP contribution in [-0.2, 0) is 0 Å². The monoisotopic (exact) mass is 332 g/mol. The molecule has 0 fully saturated rings.